The van der Waals surface area contributed by atoms with E-state index in [2.05, 4.69) is 43.4 Å². The summed E-state index contributed by atoms with van der Waals surface area (Å²) in [5.74, 6) is 0.0287. The number of nitrogens with zero attached hydrogens (tertiary/aromatic N) is 2. The van der Waals surface area contributed by atoms with E-state index in [4.69, 9.17) is 19.8 Å². The molecule has 0 saturated carbocycles. The van der Waals surface area contributed by atoms with Gasteiger partial charge in [0.05, 0.1) is 19.3 Å². The lowest BCUT2D eigenvalue weighted by molar-refractivity contribution is -0.0445. The molecule has 0 aromatic carbocycles. The van der Waals surface area contributed by atoms with Crippen molar-refractivity contribution in [2.24, 2.45) is 0 Å². The number of nitrogen functional groups attached to an aromatic ring is 1. The maximum atomic E-state index is 12.4. The number of hydrogen-bond acceptors (Lipinski definition) is 9. The van der Waals surface area contributed by atoms with Gasteiger partial charge in [-0.1, -0.05) is 20.8 Å². The number of aliphatic hydroxyl groups excluding tert-OH is 2. The van der Waals surface area contributed by atoms with Crippen LogP contribution in [0.15, 0.2) is 11.0 Å². The van der Waals surface area contributed by atoms with Crippen LogP contribution < -0.4 is 11.4 Å². The number of rotatable bonds is 8. The van der Waals surface area contributed by atoms with E-state index in [9.17, 15) is 19.6 Å². The molecular weight excluding hydrogens is 433 g/mol. The zero-order chi connectivity index (χ0) is 22.9. The Morgan fingerprint density at radius 1 is 1.33 bits per heavy atom. The molecule has 0 radical (unpaired) electrons. The maximum Gasteiger partial charge on any atom is 0.351 e. The van der Waals surface area contributed by atoms with E-state index in [0.717, 1.165) is 4.57 Å². The second kappa shape index (κ2) is 9.57. The molecule has 1 saturated heterocycles. The first-order valence-corrected chi connectivity index (χ1v) is 13.8. The number of nitrogens with two attached hydrogens (primary N) is 1. The second-order valence-electron chi connectivity index (χ2n) is 8.84. The number of ether oxygens (including phenoxy) is 1. The number of hydrogen-bond donors (Lipinski definition) is 4. The molecule has 2 heterocycles. The molecule has 13 heteroatoms. The summed E-state index contributed by atoms with van der Waals surface area (Å²) >= 11 is 0. The summed E-state index contributed by atoms with van der Waals surface area (Å²) in [5, 5.41) is 20.6. The Hall–Kier alpha value is -1.11. The highest BCUT2D eigenvalue weighted by atomic mass is 31.1. The highest BCUT2D eigenvalue weighted by Gasteiger charge is 2.44. The van der Waals surface area contributed by atoms with Crippen LogP contribution in [0.3, 0.4) is 0 Å². The van der Waals surface area contributed by atoms with Gasteiger partial charge in [-0.25, -0.2) is 4.79 Å². The standard InChI is InChI=1S/C17H32N3O8PSi/c1-17(2,3)30(4,5)27-9-10-8-20(16(23)19-14(10)18)15-13(22)12(21)11(28-15)6-7-26-29(24)25/h8,11-13,15,21-22,29H,6-7,9H2,1-5H3,(H,24,25)(H2,18,19,23)/t11?,12-,13-,15?/m1/s1. The van der Waals surface area contributed by atoms with Gasteiger partial charge < -0.3 is 34.5 Å². The highest BCUT2D eigenvalue weighted by Crippen LogP contribution is 2.37. The lowest BCUT2D eigenvalue weighted by atomic mass is 10.1. The lowest BCUT2D eigenvalue weighted by Gasteiger charge is -2.36. The van der Waals surface area contributed by atoms with E-state index in [-0.39, 0.29) is 30.5 Å². The fourth-order valence-electron chi connectivity index (χ4n) is 2.75. The van der Waals surface area contributed by atoms with Crippen LogP contribution >= 0.6 is 8.25 Å². The zero-order valence-electron chi connectivity index (χ0n) is 17.9. The molecule has 0 amide bonds. The summed E-state index contributed by atoms with van der Waals surface area (Å²) < 4.78 is 28.1. The van der Waals surface area contributed by atoms with Gasteiger partial charge in [-0.3, -0.25) is 9.13 Å². The van der Waals surface area contributed by atoms with Gasteiger partial charge in [-0.2, -0.15) is 4.98 Å². The minimum atomic E-state index is -3.11. The molecule has 5 atom stereocenters. The van der Waals surface area contributed by atoms with E-state index in [1.165, 1.54) is 6.20 Å². The van der Waals surface area contributed by atoms with Gasteiger partial charge in [0.25, 0.3) is 0 Å². The molecule has 1 aromatic rings. The van der Waals surface area contributed by atoms with Gasteiger partial charge in [0.2, 0.25) is 0 Å². The first kappa shape index (κ1) is 25.2. The normalized spacial score (nSPS) is 26.1. The van der Waals surface area contributed by atoms with Gasteiger partial charge in [0, 0.05) is 18.2 Å². The van der Waals surface area contributed by atoms with Crippen LogP contribution in [0.4, 0.5) is 5.82 Å². The third-order valence-electron chi connectivity index (χ3n) is 5.69. The van der Waals surface area contributed by atoms with Crippen LogP contribution in [0.25, 0.3) is 0 Å². The molecule has 30 heavy (non-hydrogen) atoms. The van der Waals surface area contributed by atoms with Crippen molar-refractivity contribution in [1.29, 1.82) is 0 Å². The molecule has 5 N–H and O–H groups in total. The van der Waals surface area contributed by atoms with Crippen molar-refractivity contribution >= 4 is 22.4 Å². The molecule has 11 nitrogen and oxygen atoms in total. The Kier molecular flexibility index (Phi) is 8.03. The molecule has 1 aliphatic heterocycles. The van der Waals surface area contributed by atoms with Crippen molar-refractivity contribution in [1.82, 2.24) is 9.55 Å². The minimum absolute atomic E-state index is 0.0203. The summed E-state index contributed by atoms with van der Waals surface area (Å²) in [7, 11) is -5.19. The van der Waals surface area contributed by atoms with Crippen LogP contribution in [0, 0.1) is 0 Å². The Morgan fingerprint density at radius 2 is 1.97 bits per heavy atom. The second-order valence-corrected chi connectivity index (χ2v) is 14.5. The van der Waals surface area contributed by atoms with Gasteiger partial charge in [-0.05, 0) is 18.1 Å². The summed E-state index contributed by atoms with van der Waals surface area (Å²) in [5.41, 5.74) is 5.63. The van der Waals surface area contributed by atoms with Crippen molar-refractivity contribution in [2.45, 2.75) is 76.5 Å². The highest BCUT2D eigenvalue weighted by molar-refractivity contribution is 7.32. The summed E-state index contributed by atoms with van der Waals surface area (Å²) in [6, 6.07) is 0. The Labute approximate surface area is 176 Å². The fourth-order valence-corrected chi connectivity index (χ4v) is 3.99. The third kappa shape index (κ3) is 5.77. The van der Waals surface area contributed by atoms with Crippen LogP contribution in [0.5, 0.6) is 0 Å². The fraction of sp³-hybridized carbons (Fsp3) is 0.765. The largest absolute Gasteiger partial charge is 0.412 e. The predicted molar refractivity (Wildman–Crippen MR) is 113 cm³/mol. The van der Waals surface area contributed by atoms with E-state index in [1.807, 2.05) is 0 Å². The molecule has 1 aromatic heterocycles. The average molecular weight is 466 g/mol. The zero-order valence-corrected chi connectivity index (χ0v) is 19.9. The monoisotopic (exact) mass is 465 g/mol. The Morgan fingerprint density at radius 3 is 2.53 bits per heavy atom. The van der Waals surface area contributed by atoms with Crippen molar-refractivity contribution in [2.75, 3.05) is 12.3 Å². The first-order chi connectivity index (χ1) is 13.7. The maximum absolute atomic E-state index is 12.4. The number of aliphatic hydroxyl groups is 2. The topological polar surface area (TPSA) is 166 Å². The van der Waals surface area contributed by atoms with Gasteiger partial charge >= 0.3 is 13.9 Å². The van der Waals surface area contributed by atoms with Gasteiger partial charge in [0.1, 0.15) is 18.0 Å². The van der Waals surface area contributed by atoms with Crippen LogP contribution in [-0.2, 0) is 24.9 Å². The molecule has 2 rings (SSSR count). The quantitative estimate of drug-likeness (QED) is 0.318. The van der Waals surface area contributed by atoms with Crippen molar-refractivity contribution in [3.63, 3.8) is 0 Å². The molecule has 1 fully saturated rings. The first-order valence-electron chi connectivity index (χ1n) is 9.63. The summed E-state index contributed by atoms with van der Waals surface area (Å²) in [4.78, 5) is 24.9. The smallest absolute Gasteiger partial charge is 0.351 e. The van der Waals surface area contributed by atoms with Crippen LogP contribution in [0.2, 0.25) is 18.1 Å². The Balaban J connectivity index is 2.20. The van der Waals surface area contributed by atoms with Crippen molar-refractivity contribution < 1.29 is 33.4 Å². The van der Waals surface area contributed by atoms with Gasteiger partial charge in [-0.15, -0.1) is 0 Å². The van der Waals surface area contributed by atoms with E-state index >= 15 is 0 Å². The molecule has 0 spiro atoms. The Bertz CT molecular complexity index is 828. The van der Waals surface area contributed by atoms with Gasteiger partial charge in [0.15, 0.2) is 14.5 Å². The van der Waals surface area contributed by atoms with E-state index < -0.39 is 46.8 Å². The molecule has 1 aliphatic rings. The molecule has 172 valence electrons. The van der Waals surface area contributed by atoms with E-state index in [1.54, 1.807) is 0 Å². The molecule has 0 aliphatic carbocycles. The third-order valence-corrected chi connectivity index (χ3v) is 10.6. The molecule has 0 bridgehead atoms. The number of anilines is 1. The SMILES string of the molecule is CC(C)(C)[Si](C)(C)OCc1cn(C2OC(CCO[PH](=O)O)[C@@H](O)[C@H]2O)c(=O)nc1N. The molecule has 3 unspecified atom stereocenters. The van der Waals surface area contributed by atoms with Crippen LogP contribution in [0.1, 0.15) is 39.0 Å². The van der Waals surface area contributed by atoms with Crippen molar-refractivity contribution in [3.05, 3.63) is 22.2 Å². The van der Waals surface area contributed by atoms with Crippen LogP contribution in [-0.4, -0.2) is 57.9 Å². The summed E-state index contributed by atoms with van der Waals surface area (Å²) in [6.07, 6.45) is -3.31. The minimum Gasteiger partial charge on any atom is -0.412 e. The summed E-state index contributed by atoms with van der Waals surface area (Å²) in [6.45, 7) is 10.5. The molecular formula is C17H32N3O8PSi. The predicted octanol–water partition coefficient (Wildman–Crippen LogP) is 0.755. The van der Waals surface area contributed by atoms with E-state index in [0.29, 0.717) is 5.56 Å². The van der Waals surface area contributed by atoms with Crippen molar-refractivity contribution in [3.8, 4) is 0 Å². The average Bonchev–Trinajstić information content (AvgIpc) is 2.88. The lowest BCUT2D eigenvalue weighted by Crippen LogP contribution is -2.41. The number of aromatic nitrogens is 2.